The molecule has 0 radical (unpaired) electrons. The highest BCUT2D eigenvalue weighted by Gasteiger charge is 2.20. The van der Waals surface area contributed by atoms with Crippen LogP contribution in [0, 0.1) is 0 Å². The second-order valence-corrected chi connectivity index (χ2v) is 7.52. The Labute approximate surface area is 164 Å². The summed E-state index contributed by atoms with van der Waals surface area (Å²) in [6.07, 6.45) is 5.95. The van der Waals surface area contributed by atoms with Gasteiger partial charge >= 0.3 is 0 Å². The zero-order chi connectivity index (χ0) is 18.4. The van der Waals surface area contributed by atoms with E-state index < -0.39 is 0 Å². The maximum atomic E-state index is 5.46. The van der Waals surface area contributed by atoms with Gasteiger partial charge in [0.1, 0.15) is 24.1 Å². The quantitative estimate of drug-likeness (QED) is 0.653. The summed E-state index contributed by atoms with van der Waals surface area (Å²) in [5.74, 6) is 0.929. The minimum atomic E-state index is 0.721. The average molecular weight is 426 g/mol. The Morgan fingerprint density at radius 2 is 2.04 bits per heavy atom. The third-order valence-electron chi connectivity index (χ3n) is 4.81. The lowest BCUT2D eigenvalue weighted by Gasteiger charge is -2.28. The number of H-pyrrole nitrogens is 1. The van der Waals surface area contributed by atoms with E-state index in [1.54, 1.807) is 0 Å². The van der Waals surface area contributed by atoms with E-state index in [1.165, 1.54) is 0 Å². The van der Waals surface area contributed by atoms with Crippen LogP contribution in [0.15, 0.2) is 35.1 Å². The molecule has 7 nitrogen and oxygen atoms in total. The molecule has 0 amide bonds. The van der Waals surface area contributed by atoms with Crippen LogP contribution in [0.25, 0.3) is 27.9 Å². The SMILES string of the molecule is C[N+]1=CC(c2cc3c(-c4ccc(Br)c(N5CCOCC5)n4)n[nH]c3cn2)=C1. The van der Waals surface area contributed by atoms with Crippen LogP contribution >= 0.6 is 15.9 Å². The highest BCUT2D eigenvalue weighted by molar-refractivity contribution is 9.10. The first-order valence-corrected chi connectivity index (χ1v) is 9.61. The zero-order valence-corrected chi connectivity index (χ0v) is 16.4. The van der Waals surface area contributed by atoms with Crippen molar-refractivity contribution < 1.29 is 9.31 Å². The molecular weight excluding hydrogens is 408 g/mol. The lowest BCUT2D eigenvalue weighted by Crippen LogP contribution is -2.37. The first-order valence-electron chi connectivity index (χ1n) is 8.82. The lowest BCUT2D eigenvalue weighted by atomic mass is 10.1. The van der Waals surface area contributed by atoms with Crippen molar-refractivity contribution in [2.45, 2.75) is 0 Å². The molecule has 8 heteroatoms. The molecule has 1 saturated heterocycles. The standard InChI is InChI=1S/C19H18BrN6O/c1-25-10-12(11-25)16-8-13-17(9-21-16)23-24-18(13)15-3-2-14(20)19(22-15)26-4-6-27-7-5-26/h2-3,8-11H,4-7H2,1H3,(H,23,24)/q+1. The molecule has 2 aliphatic rings. The third-order valence-corrected chi connectivity index (χ3v) is 5.43. The number of allylic oxidation sites excluding steroid dienone is 1. The highest BCUT2D eigenvalue weighted by Crippen LogP contribution is 2.32. The molecule has 3 aromatic rings. The van der Waals surface area contributed by atoms with Crippen molar-refractivity contribution in [1.82, 2.24) is 20.2 Å². The number of fused-ring (bicyclic) bond motifs is 1. The van der Waals surface area contributed by atoms with E-state index in [-0.39, 0.29) is 0 Å². The number of hydrogen-bond acceptors (Lipinski definition) is 5. The van der Waals surface area contributed by atoms with Crippen LogP contribution < -0.4 is 4.90 Å². The maximum absolute atomic E-state index is 5.46. The third kappa shape index (κ3) is 2.94. The van der Waals surface area contributed by atoms with E-state index in [4.69, 9.17) is 9.72 Å². The second kappa shape index (κ2) is 6.54. The molecular formula is C19H18BrN6O+. The van der Waals surface area contributed by atoms with Crippen LogP contribution in [-0.2, 0) is 4.74 Å². The topological polar surface area (TPSA) is 69.9 Å². The number of ether oxygens (including phenoxy) is 1. The summed E-state index contributed by atoms with van der Waals surface area (Å²) >= 11 is 3.63. The highest BCUT2D eigenvalue weighted by atomic mass is 79.9. The monoisotopic (exact) mass is 425 g/mol. The van der Waals surface area contributed by atoms with E-state index in [0.717, 1.165) is 70.2 Å². The molecule has 5 heterocycles. The molecule has 1 fully saturated rings. The molecule has 0 aliphatic carbocycles. The van der Waals surface area contributed by atoms with Crippen LogP contribution in [0.3, 0.4) is 0 Å². The molecule has 1 N–H and O–H groups in total. The van der Waals surface area contributed by atoms with E-state index in [2.05, 4.69) is 54.5 Å². The fourth-order valence-corrected chi connectivity index (χ4v) is 3.86. The van der Waals surface area contributed by atoms with E-state index in [1.807, 2.05) is 30.0 Å². The predicted octanol–water partition coefficient (Wildman–Crippen LogP) is 2.69. The molecule has 0 atom stereocenters. The van der Waals surface area contributed by atoms with Crippen LogP contribution in [0.5, 0.6) is 0 Å². The van der Waals surface area contributed by atoms with Gasteiger partial charge in [0.15, 0.2) is 12.4 Å². The van der Waals surface area contributed by atoms with Crippen LogP contribution in [0.2, 0.25) is 0 Å². The fraction of sp³-hybridized carbons (Fsp3) is 0.263. The molecule has 0 unspecified atom stereocenters. The summed E-state index contributed by atoms with van der Waals surface area (Å²) in [4.78, 5) is 11.7. The van der Waals surface area contributed by atoms with Gasteiger partial charge in [-0.05, 0) is 34.1 Å². The Morgan fingerprint density at radius 1 is 1.22 bits per heavy atom. The van der Waals surface area contributed by atoms with Gasteiger partial charge in [0, 0.05) is 18.5 Å². The van der Waals surface area contributed by atoms with Gasteiger partial charge in [-0.1, -0.05) is 0 Å². The van der Waals surface area contributed by atoms with Crippen LogP contribution in [0.1, 0.15) is 5.69 Å². The fourth-order valence-electron chi connectivity index (χ4n) is 3.39. The van der Waals surface area contributed by atoms with Crippen LogP contribution in [0.4, 0.5) is 5.82 Å². The van der Waals surface area contributed by atoms with Crippen molar-refractivity contribution in [2.75, 3.05) is 38.3 Å². The van der Waals surface area contributed by atoms with E-state index in [9.17, 15) is 0 Å². The minimum absolute atomic E-state index is 0.721. The number of nitrogens with zero attached hydrogens (tertiary/aromatic N) is 5. The molecule has 0 bridgehead atoms. The molecule has 5 rings (SSSR count). The number of nitrogens with one attached hydrogen (secondary N) is 1. The number of rotatable bonds is 3. The van der Waals surface area contributed by atoms with Gasteiger partial charge in [-0.25, -0.2) is 9.56 Å². The van der Waals surface area contributed by atoms with Gasteiger partial charge in [-0.3, -0.25) is 10.1 Å². The summed E-state index contributed by atoms with van der Waals surface area (Å²) in [6, 6.07) is 6.10. The normalized spacial score (nSPS) is 16.9. The summed E-state index contributed by atoms with van der Waals surface area (Å²) in [7, 11) is 2.00. The smallest absolute Gasteiger partial charge is 0.184 e. The Morgan fingerprint density at radius 3 is 2.81 bits per heavy atom. The second-order valence-electron chi connectivity index (χ2n) is 6.67. The maximum Gasteiger partial charge on any atom is 0.184 e. The van der Waals surface area contributed by atoms with Crippen molar-refractivity contribution in [1.29, 1.82) is 0 Å². The number of hydrogen-bond donors (Lipinski definition) is 1. The Balaban J connectivity index is 1.57. The van der Waals surface area contributed by atoms with Crippen LogP contribution in [-0.4, -0.2) is 64.3 Å². The predicted molar refractivity (Wildman–Crippen MR) is 108 cm³/mol. The molecule has 3 aromatic heterocycles. The minimum Gasteiger partial charge on any atom is -0.378 e. The van der Waals surface area contributed by atoms with Crippen molar-refractivity contribution in [3.8, 4) is 11.4 Å². The Bertz CT molecular complexity index is 1100. The summed E-state index contributed by atoms with van der Waals surface area (Å²) in [6.45, 7) is 3.11. The van der Waals surface area contributed by atoms with Gasteiger partial charge in [0.25, 0.3) is 0 Å². The number of morpholine rings is 1. The lowest BCUT2D eigenvalue weighted by molar-refractivity contribution is -0.423. The van der Waals surface area contributed by atoms with Gasteiger partial charge in [0.2, 0.25) is 0 Å². The average Bonchev–Trinajstić information content (AvgIpc) is 3.10. The molecule has 27 heavy (non-hydrogen) atoms. The van der Waals surface area contributed by atoms with Crippen molar-refractivity contribution in [3.05, 3.63) is 40.8 Å². The first kappa shape index (κ1) is 16.6. The molecule has 0 spiro atoms. The number of pyridine rings is 2. The number of halogens is 1. The van der Waals surface area contributed by atoms with E-state index >= 15 is 0 Å². The number of aromatic amines is 1. The molecule has 136 valence electrons. The van der Waals surface area contributed by atoms with Gasteiger partial charge in [-0.2, -0.15) is 5.10 Å². The van der Waals surface area contributed by atoms with Gasteiger partial charge < -0.3 is 9.64 Å². The summed E-state index contributed by atoms with van der Waals surface area (Å²) in [5, 5.41) is 8.61. The zero-order valence-electron chi connectivity index (χ0n) is 14.8. The number of anilines is 1. The first-order chi connectivity index (χ1) is 13.2. The summed E-state index contributed by atoms with van der Waals surface area (Å²) < 4.78 is 8.46. The van der Waals surface area contributed by atoms with E-state index in [0.29, 0.717) is 0 Å². The summed E-state index contributed by atoms with van der Waals surface area (Å²) in [5.41, 5.74) is 4.63. The van der Waals surface area contributed by atoms with Crippen molar-refractivity contribution >= 4 is 44.4 Å². The van der Waals surface area contributed by atoms with Crippen molar-refractivity contribution in [2.24, 2.45) is 0 Å². The molecule has 0 saturated carbocycles. The molecule has 0 aromatic carbocycles. The molecule has 2 aliphatic heterocycles. The van der Waals surface area contributed by atoms with Gasteiger partial charge in [0.05, 0.1) is 40.8 Å². The van der Waals surface area contributed by atoms with Gasteiger partial charge in [-0.15, -0.1) is 0 Å². The Hall–Kier alpha value is -2.58. The Kier molecular flexibility index (Phi) is 4.02. The largest absolute Gasteiger partial charge is 0.378 e. The van der Waals surface area contributed by atoms with Crippen molar-refractivity contribution in [3.63, 3.8) is 0 Å². The number of aromatic nitrogens is 4.